The van der Waals surface area contributed by atoms with Gasteiger partial charge in [0, 0.05) is 10.7 Å². The number of nitrogens with one attached hydrogen (secondary N) is 1. The van der Waals surface area contributed by atoms with Gasteiger partial charge in [-0.25, -0.2) is 14.6 Å². The number of hydrazone groups is 1. The normalized spacial score (nSPS) is 17.4. The molecule has 1 unspecified atom stereocenters. The Kier molecular flexibility index (Phi) is 6.47. The van der Waals surface area contributed by atoms with Crippen molar-refractivity contribution in [3.05, 3.63) is 101 Å². The zero-order valence-electron chi connectivity index (χ0n) is 18.4. The van der Waals surface area contributed by atoms with Crippen LogP contribution in [-0.2, 0) is 10.2 Å². The lowest BCUT2D eigenvalue weighted by Gasteiger charge is -2.27. The number of halogens is 1. The molecule has 1 N–H and O–H groups in total. The summed E-state index contributed by atoms with van der Waals surface area (Å²) in [5, 5.41) is 9.64. The van der Waals surface area contributed by atoms with Gasteiger partial charge in [0.15, 0.2) is 0 Å². The topological polar surface area (TPSA) is 71.0 Å². The second-order valence-electron chi connectivity index (χ2n) is 7.94. The van der Waals surface area contributed by atoms with Crippen LogP contribution in [0.5, 0.6) is 0 Å². The second kappa shape index (κ2) is 9.46. The molecule has 0 aliphatic carbocycles. The van der Waals surface area contributed by atoms with E-state index in [9.17, 15) is 9.59 Å². The molecule has 33 heavy (non-hydrogen) atoms. The molecule has 1 atom stereocenters. The van der Waals surface area contributed by atoms with Gasteiger partial charge >= 0.3 is 12.0 Å². The van der Waals surface area contributed by atoms with Gasteiger partial charge in [-0.3, -0.25) is 0 Å². The van der Waals surface area contributed by atoms with Crippen molar-refractivity contribution in [3.63, 3.8) is 0 Å². The number of ether oxygens (including phenoxy) is 1. The number of carbonyl (C=O) groups is 2. The van der Waals surface area contributed by atoms with E-state index in [4.69, 9.17) is 21.4 Å². The highest BCUT2D eigenvalue weighted by molar-refractivity contribution is 6.30. The van der Waals surface area contributed by atoms with E-state index in [1.165, 1.54) is 5.01 Å². The average Bonchev–Trinajstić information content (AvgIpc) is 3.20. The lowest BCUT2D eigenvalue weighted by atomic mass is 9.76. The van der Waals surface area contributed by atoms with Gasteiger partial charge in [0.1, 0.15) is 0 Å². The molecule has 0 bridgehead atoms. The highest BCUT2D eigenvalue weighted by Crippen LogP contribution is 2.35. The number of esters is 1. The summed E-state index contributed by atoms with van der Waals surface area (Å²) in [5.74, 6) is -0.397. The molecular formula is C26H24ClN3O3. The summed E-state index contributed by atoms with van der Waals surface area (Å²) in [6.45, 7) is 4.52. The molecule has 0 saturated carbocycles. The Labute approximate surface area is 197 Å². The molecule has 2 amide bonds. The van der Waals surface area contributed by atoms with Gasteiger partial charge in [0.2, 0.25) is 0 Å². The van der Waals surface area contributed by atoms with Gasteiger partial charge in [0.25, 0.3) is 0 Å². The van der Waals surface area contributed by atoms with Crippen molar-refractivity contribution in [1.29, 1.82) is 0 Å². The largest absolute Gasteiger partial charge is 0.462 e. The molecule has 1 heterocycles. The van der Waals surface area contributed by atoms with Gasteiger partial charge < -0.3 is 10.1 Å². The summed E-state index contributed by atoms with van der Waals surface area (Å²) < 4.78 is 5.00. The predicted octanol–water partition coefficient (Wildman–Crippen LogP) is 5.73. The smallest absolute Gasteiger partial charge is 0.342 e. The molecule has 1 aliphatic heterocycles. The second-order valence-corrected chi connectivity index (χ2v) is 8.38. The van der Waals surface area contributed by atoms with Crippen LogP contribution in [0.25, 0.3) is 0 Å². The van der Waals surface area contributed by atoms with Crippen molar-refractivity contribution in [2.24, 2.45) is 5.10 Å². The van der Waals surface area contributed by atoms with Crippen LogP contribution < -0.4 is 5.32 Å². The van der Waals surface area contributed by atoms with Gasteiger partial charge in [-0.1, -0.05) is 54.1 Å². The Morgan fingerprint density at radius 3 is 2.33 bits per heavy atom. The molecule has 4 rings (SSSR count). The Morgan fingerprint density at radius 2 is 1.70 bits per heavy atom. The number of carbonyl (C=O) groups excluding carboxylic acids is 2. The molecule has 0 aromatic heterocycles. The molecule has 0 spiro atoms. The first kappa shape index (κ1) is 22.6. The standard InChI is InChI=1S/C26H24ClN3O3/c1-3-33-24(31)19-11-15-22(16-12-19)28-25(32)30-17-26(2,20-7-5-4-6-8-20)23(29-30)18-9-13-21(27)14-10-18/h4-16H,3,17H2,1-2H3,(H,28,32). The maximum absolute atomic E-state index is 13.1. The number of nitrogens with zero attached hydrogens (tertiary/aromatic N) is 2. The van der Waals surface area contributed by atoms with E-state index in [1.807, 2.05) is 54.6 Å². The molecule has 0 saturated heterocycles. The van der Waals surface area contributed by atoms with Crippen LogP contribution in [0.1, 0.15) is 35.3 Å². The van der Waals surface area contributed by atoms with Crippen LogP contribution in [0, 0.1) is 0 Å². The van der Waals surface area contributed by atoms with Crippen molar-refractivity contribution < 1.29 is 14.3 Å². The van der Waals surface area contributed by atoms with Crippen LogP contribution in [0.15, 0.2) is 84.0 Å². The Morgan fingerprint density at radius 1 is 1.03 bits per heavy atom. The molecular weight excluding hydrogens is 438 g/mol. The quantitative estimate of drug-likeness (QED) is 0.493. The maximum atomic E-state index is 13.1. The summed E-state index contributed by atoms with van der Waals surface area (Å²) in [7, 11) is 0. The number of hydrogen-bond acceptors (Lipinski definition) is 4. The van der Waals surface area contributed by atoms with Gasteiger partial charge in [-0.05, 0) is 61.4 Å². The molecule has 0 fully saturated rings. The Balaban J connectivity index is 1.59. The number of benzene rings is 3. The zero-order chi connectivity index (χ0) is 23.4. The fourth-order valence-corrected chi connectivity index (χ4v) is 3.99. The average molecular weight is 462 g/mol. The first-order valence-corrected chi connectivity index (χ1v) is 11.0. The lowest BCUT2D eigenvalue weighted by molar-refractivity contribution is 0.0526. The number of amides is 2. The highest BCUT2D eigenvalue weighted by atomic mass is 35.5. The third kappa shape index (κ3) is 4.76. The molecule has 3 aromatic rings. The predicted molar refractivity (Wildman–Crippen MR) is 130 cm³/mol. The van der Waals surface area contributed by atoms with Crippen molar-refractivity contribution in [2.45, 2.75) is 19.3 Å². The van der Waals surface area contributed by atoms with Crippen molar-refractivity contribution in [1.82, 2.24) is 5.01 Å². The lowest BCUT2D eigenvalue weighted by Crippen LogP contribution is -2.38. The zero-order valence-corrected chi connectivity index (χ0v) is 19.2. The highest BCUT2D eigenvalue weighted by Gasteiger charge is 2.42. The van der Waals surface area contributed by atoms with E-state index in [0.717, 1.165) is 16.8 Å². The summed E-state index contributed by atoms with van der Waals surface area (Å²) in [6, 6.07) is 23.7. The maximum Gasteiger partial charge on any atom is 0.342 e. The van der Waals surface area contributed by atoms with Crippen molar-refractivity contribution >= 4 is 35.0 Å². The van der Waals surface area contributed by atoms with Crippen LogP contribution >= 0.6 is 11.6 Å². The van der Waals surface area contributed by atoms with E-state index in [0.29, 0.717) is 29.4 Å². The van der Waals surface area contributed by atoms with E-state index in [2.05, 4.69) is 12.2 Å². The molecule has 3 aromatic carbocycles. The van der Waals surface area contributed by atoms with E-state index < -0.39 is 11.4 Å². The number of urea groups is 1. The monoisotopic (exact) mass is 461 g/mol. The summed E-state index contributed by atoms with van der Waals surface area (Å²) in [4.78, 5) is 24.9. The third-order valence-electron chi connectivity index (χ3n) is 5.62. The Hall–Kier alpha value is -3.64. The fourth-order valence-electron chi connectivity index (χ4n) is 3.87. The summed E-state index contributed by atoms with van der Waals surface area (Å²) in [5.41, 5.74) is 3.24. The van der Waals surface area contributed by atoms with E-state index in [1.54, 1.807) is 31.2 Å². The SMILES string of the molecule is CCOC(=O)c1ccc(NC(=O)N2CC(C)(c3ccccc3)C(c3ccc(Cl)cc3)=N2)cc1. The minimum absolute atomic E-state index is 0.306. The third-order valence-corrected chi connectivity index (χ3v) is 5.87. The van der Waals surface area contributed by atoms with Crippen LogP contribution in [0.3, 0.4) is 0 Å². The molecule has 1 aliphatic rings. The van der Waals surface area contributed by atoms with Crippen LogP contribution in [0.2, 0.25) is 5.02 Å². The Bertz CT molecular complexity index is 1180. The van der Waals surface area contributed by atoms with Gasteiger partial charge in [-0.2, -0.15) is 5.10 Å². The molecule has 6 nitrogen and oxygen atoms in total. The minimum atomic E-state index is -0.500. The van der Waals surface area contributed by atoms with Crippen molar-refractivity contribution in [2.75, 3.05) is 18.5 Å². The van der Waals surface area contributed by atoms with E-state index >= 15 is 0 Å². The number of hydrogen-bond donors (Lipinski definition) is 1. The number of anilines is 1. The summed E-state index contributed by atoms with van der Waals surface area (Å²) >= 11 is 6.08. The van der Waals surface area contributed by atoms with E-state index in [-0.39, 0.29) is 6.03 Å². The molecule has 0 radical (unpaired) electrons. The molecule has 7 heteroatoms. The van der Waals surface area contributed by atoms with Crippen LogP contribution in [-0.4, -0.2) is 35.9 Å². The van der Waals surface area contributed by atoms with Crippen LogP contribution in [0.4, 0.5) is 10.5 Å². The van der Waals surface area contributed by atoms with Gasteiger partial charge in [-0.15, -0.1) is 0 Å². The number of rotatable bonds is 5. The fraction of sp³-hybridized carbons (Fsp3) is 0.192. The van der Waals surface area contributed by atoms with Gasteiger partial charge in [0.05, 0.1) is 29.8 Å². The molecule has 168 valence electrons. The first-order chi connectivity index (χ1) is 15.9. The minimum Gasteiger partial charge on any atom is -0.462 e. The van der Waals surface area contributed by atoms with Crippen molar-refractivity contribution in [3.8, 4) is 0 Å². The first-order valence-electron chi connectivity index (χ1n) is 10.7. The summed E-state index contributed by atoms with van der Waals surface area (Å²) in [6.07, 6.45) is 0.